The van der Waals surface area contributed by atoms with Gasteiger partial charge in [-0.15, -0.1) is 0 Å². The number of ether oxygens (including phenoxy) is 2. The second-order valence-corrected chi connectivity index (χ2v) is 3.81. The lowest BCUT2D eigenvalue weighted by Crippen LogP contribution is -2.37. The van der Waals surface area contributed by atoms with E-state index in [1.807, 2.05) is 12.2 Å². The molecule has 2 aliphatic rings. The minimum Gasteiger partial charge on any atom is -0.481 e. The Morgan fingerprint density at radius 2 is 1.93 bits per heavy atom. The van der Waals surface area contributed by atoms with E-state index in [-0.39, 0.29) is 18.1 Å². The van der Waals surface area contributed by atoms with E-state index in [2.05, 4.69) is 0 Å². The molecule has 3 atom stereocenters. The fourth-order valence-electron chi connectivity index (χ4n) is 2.12. The highest BCUT2D eigenvalue weighted by Crippen LogP contribution is 2.43. The van der Waals surface area contributed by atoms with Crippen molar-refractivity contribution in [3.05, 3.63) is 23.3 Å². The third kappa shape index (κ3) is 1.60. The van der Waals surface area contributed by atoms with Crippen molar-refractivity contribution in [1.29, 1.82) is 0 Å². The van der Waals surface area contributed by atoms with Crippen molar-refractivity contribution < 1.29 is 19.4 Å². The molecule has 0 bridgehead atoms. The van der Waals surface area contributed by atoms with E-state index in [1.54, 1.807) is 14.2 Å². The van der Waals surface area contributed by atoms with Gasteiger partial charge in [0.25, 0.3) is 0 Å². The van der Waals surface area contributed by atoms with Gasteiger partial charge in [0.2, 0.25) is 0 Å². The minimum atomic E-state index is -0.760. The van der Waals surface area contributed by atoms with E-state index < -0.39 is 5.97 Å². The summed E-state index contributed by atoms with van der Waals surface area (Å²) < 4.78 is 10.5. The molecule has 4 nitrogen and oxygen atoms in total. The first-order valence-corrected chi connectivity index (χ1v) is 4.88. The molecule has 0 aromatic rings. The summed E-state index contributed by atoms with van der Waals surface area (Å²) in [7, 11) is 3.22. The predicted octanol–water partition coefficient (Wildman–Crippen LogP) is 0.987. The van der Waals surface area contributed by atoms with Crippen molar-refractivity contribution in [1.82, 2.24) is 0 Å². The Bertz CT molecular complexity index is 342. The highest BCUT2D eigenvalue weighted by molar-refractivity contribution is 5.80. The Kier molecular flexibility index (Phi) is 2.63. The number of methoxy groups -OCH3 is 2. The molecule has 0 radical (unpaired) electrons. The summed E-state index contributed by atoms with van der Waals surface area (Å²) in [5.41, 5.74) is 1.98. The first kappa shape index (κ1) is 10.4. The van der Waals surface area contributed by atoms with Crippen LogP contribution in [-0.4, -0.2) is 37.5 Å². The molecule has 0 spiro atoms. The smallest absolute Gasteiger partial charge is 0.311 e. The molecule has 2 unspecified atom stereocenters. The van der Waals surface area contributed by atoms with Crippen LogP contribution in [0.15, 0.2) is 23.3 Å². The molecular weight excluding hydrogens is 196 g/mol. The van der Waals surface area contributed by atoms with Gasteiger partial charge < -0.3 is 14.6 Å². The van der Waals surface area contributed by atoms with E-state index in [9.17, 15) is 4.79 Å². The number of carbonyl (C=O) groups is 1. The number of hydrogen-bond donors (Lipinski definition) is 1. The number of carboxylic acids is 1. The second kappa shape index (κ2) is 3.79. The van der Waals surface area contributed by atoms with E-state index in [1.165, 1.54) is 0 Å². The summed E-state index contributed by atoms with van der Waals surface area (Å²) in [6, 6.07) is 0. The van der Waals surface area contributed by atoms with Crippen LogP contribution < -0.4 is 0 Å². The minimum absolute atomic E-state index is 0.0940. The second-order valence-electron chi connectivity index (χ2n) is 3.81. The fourth-order valence-corrected chi connectivity index (χ4v) is 2.12. The highest BCUT2D eigenvalue weighted by atomic mass is 16.5. The number of allylic oxidation sites excluding steroid dienone is 1. The summed E-state index contributed by atoms with van der Waals surface area (Å²) in [6.45, 7) is 0. The molecule has 0 aromatic carbocycles. The van der Waals surface area contributed by atoms with Crippen LogP contribution >= 0.6 is 0 Å². The summed E-state index contributed by atoms with van der Waals surface area (Å²) >= 11 is 0. The average Bonchev–Trinajstić information content (AvgIpc) is 2.19. The Labute approximate surface area is 88.2 Å². The Morgan fingerprint density at radius 3 is 2.47 bits per heavy atom. The van der Waals surface area contributed by atoms with Crippen LogP contribution in [0.1, 0.15) is 6.42 Å². The third-order valence-corrected chi connectivity index (χ3v) is 3.05. The number of carboxylic acid groups (broad SMARTS) is 1. The lowest BCUT2D eigenvalue weighted by atomic mass is 9.70. The number of hydrogen-bond acceptors (Lipinski definition) is 3. The van der Waals surface area contributed by atoms with Gasteiger partial charge in [-0.3, -0.25) is 4.79 Å². The first-order valence-electron chi connectivity index (χ1n) is 4.88. The van der Waals surface area contributed by atoms with Crippen LogP contribution in [-0.2, 0) is 14.3 Å². The molecule has 0 saturated heterocycles. The van der Waals surface area contributed by atoms with E-state index in [0.717, 1.165) is 11.1 Å². The standard InChI is InChI=1S/C11H14O4/c1-14-9-4-6-3-8(11(12)13)7(6)5-10(9)15-2/h4-5,8-10H,3H2,1-2H3,(H,12,13)/t8-,9?,10?/m0/s1. The number of aliphatic carboxylic acids is 1. The van der Waals surface area contributed by atoms with Crippen molar-refractivity contribution in [2.24, 2.45) is 5.92 Å². The van der Waals surface area contributed by atoms with Crippen LogP contribution in [0.5, 0.6) is 0 Å². The summed E-state index contributed by atoms with van der Waals surface area (Å²) in [5, 5.41) is 8.91. The largest absolute Gasteiger partial charge is 0.481 e. The van der Waals surface area contributed by atoms with Gasteiger partial charge in [-0.05, 0) is 29.7 Å². The molecule has 82 valence electrons. The summed E-state index contributed by atoms with van der Waals surface area (Å²) in [4.78, 5) is 10.8. The van der Waals surface area contributed by atoms with Gasteiger partial charge in [-0.2, -0.15) is 0 Å². The molecule has 1 saturated carbocycles. The number of fused-ring (bicyclic) bond motifs is 1. The van der Waals surface area contributed by atoms with E-state index >= 15 is 0 Å². The monoisotopic (exact) mass is 210 g/mol. The molecule has 4 heteroatoms. The van der Waals surface area contributed by atoms with Gasteiger partial charge in [0, 0.05) is 14.2 Å². The Balaban J connectivity index is 2.20. The van der Waals surface area contributed by atoms with Crippen molar-refractivity contribution >= 4 is 5.97 Å². The maximum atomic E-state index is 10.8. The average molecular weight is 210 g/mol. The Hall–Kier alpha value is -1.13. The van der Waals surface area contributed by atoms with Gasteiger partial charge >= 0.3 is 5.97 Å². The maximum Gasteiger partial charge on any atom is 0.311 e. The number of rotatable bonds is 3. The van der Waals surface area contributed by atoms with Gasteiger partial charge in [0.05, 0.1) is 5.92 Å². The molecule has 15 heavy (non-hydrogen) atoms. The van der Waals surface area contributed by atoms with Crippen LogP contribution in [0.4, 0.5) is 0 Å². The normalized spacial score (nSPS) is 33.6. The zero-order chi connectivity index (χ0) is 11.0. The zero-order valence-corrected chi connectivity index (χ0v) is 8.77. The SMILES string of the molecule is COC1C=C2C[C@H](C(=O)O)C2=CC1OC. The van der Waals surface area contributed by atoms with Crippen molar-refractivity contribution in [2.45, 2.75) is 18.6 Å². The van der Waals surface area contributed by atoms with E-state index in [4.69, 9.17) is 14.6 Å². The molecule has 1 fully saturated rings. The van der Waals surface area contributed by atoms with Crippen LogP contribution in [0.3, 0.4) is 0 Å². The summed E-state index contributed by atoms with van der Waals surface area (Å²) in [6.07, 6.45) is 4.17. The predicted molar refractivity (Wildman–Crippen MR) is 53.5 cm³/mol. The summed E-state index contributed by atoms with van der Waals surface area (Å²) in [5.74, 6) is -1.11. The lowest BCUT2D eigenvalue weighted by Gasteiger charge is -2.37. The molecule has 2 aliphatic carbocycles. The zero-order valence-electron chi connectivity index (χ0n) is 8.77. The van der Waals surface area contributed by atoms with E-state index in [0.29, 0.717) is 6.42 Å². The molecule has 0 aromatic heterocycles. The molecular formula is C11H14O4. The maximum absolute atomic E-state index is 10.8. The topological polar surface area (TPSA) is 55.8 Å². The van der Waals surface area contributed by atoms with Crippen LogP contribution in [0.2, 0.25) is 0 Å². The third-order valence-electron chi connectivity index (χ3n) is 3.05. The lowest BCUT2D eigenvalue weighted by molar-refractivity contribution is -0.141. The Morgan fingerprint density at radius 1 is 1.33 bits per heavy atom. The van der Waals surface area contributed by atoms with Crippen LogP contribution in [0.25, 0.3) is 0 Å². The van der Waals surface area contributed by atoms with Gasteiger partial charge in [0.15, 0.2) is 0 Å². The van der Waals surface area contributed by atoms with Crippen LogP contribution in [0, 0.1) is 5.92 Å². The fraction of sp³-hybridized carbons (Fsp3) is 0.545. The van der Waals surface area contributed by atoms with Crippen molar-refractivity contribution in [2.75, 3.05) is 14.2 Å². The molecule has 2 rings (SSSR count). The van der Waals surface area contributed by atoms with Gasteiger partial charge in [0.1, 0.15) is 12.2 Å². The quantitative estimate of drug-likeness (QED) is 0.754. The van der Waals surface area contributed by atoms with Gasteiger partial charge in [-0.25, -0.2) is 0 Å². The highest BCUT2D eigenvalue weighted by Gasteiger charge is 2.39. The molecule has 0 heterocycles. The van der Waals surface area contributed by atoms with Crippen molar-refractivity contribution in [3.63, 3.8) is 0 Å². The van der Waals surface area contributed by atoms with Crippen molar-refractivity contribution in [3.8, 4) is 0 Å². The first-order chi connectivity index (χ1) is 7.17. The molecule has 1 N–H and O–H groups in total. The molecule has 0 aliphatic heterocycles. The van der Waals surface area contributed by atoms with Gasteiger partial charge in [-0.1, -0.05) is 0 Å². The molecule has 0 amide bonds.